The molecular formula is C11H8N4O2S. The second kappa shape index (κ2) is 4.19. The molecule has 0 aliphatic rings. The third-order valence-corrected chi connectivity index (χ3v) is 2.97. The number of anilines is 1. The zero-order valence-corrected chi connectivity index (χ0v) is 9.90. The van der Waals surface area contributed by atoms with E-state index in [0.717, 1.165) is 11.8 Å². The summed E-state index contributed by atoms with van der Waals surface area (Å²) in [5, 5.41) is 0.840. The third-order valence-electron chi connectivity index (χ3n) is 2.22. The Kier molecular flexibility index (Phi) is 2.52. The second-order valence-electron chi connectivity index (χ2n) is 3.55. The highest BCUT2D eigenvalue weighted by Gasteiger charge is 2.08. The maximum Gasteiger partial charge on any atom is 0.264 e. The number of nitrogens with two attached hydrogens (primary N) is 1. The fraction of sp³-hybridized carbons (Fsp3) is 0. The predicted octanol–water partition coefficient (Wildman–Crippen LogP) is 1.64. The monoisotopic (exact) mass is 260 g/mol. The van der Waals surface area contributed by atoms with Crippen LogP contribution in [0.15, 0.2) is 50.1 Å². The molecule has 0 amide bonds. The fourth-order valence-corrected chi connectivity index (χ4v) is 2.16. The van der Waals surface area contributed by atoms with Gasteiger partial charge < -0.3 is 15.1 Å². The number of rotatable bonds is 2. The van der Waals surface area contributed by atoms with Crippen molar-refractivity contribution in [3.8, 4) is 0 Å². The van der Waals surface area contributed by atoms with Crippen LogP contribution in [-0.4, -0.2) is 15.0 Å². The molecule has 3 aromatic rings. The lowest BCUT2D eigenvalue weighted by molar-refractivity contribution is 0.489. The number of benzene rings is 1. The minimum atomic E-state index is -0.215. The van der Waals surface area contributed by atoms with Gasteiger partial charge in [-0.3, -0.25) is 4.79 Å². The van der Waals surface area contributed by atoms with Crippen LogP contribution < -0.4 is 11.3 Å². The Bertz CT molecular complexity index is 765. The van der Waals surface area contributed by atoms with Gasteiger partial charge in [0.1, 0.15) is 5.52 Å². The fourth-order valence-electron chi connectivity index (χ4n) is 1.45. The summed E-state index contributed by atoms with van der Waals surface area (Å²) >= 11 is 1.15. The highest BCUT2D eigenvalue weighted by molar-refractivity contribution is 7.98. The summed E-state index contributed by atoms with van der Waals surface area (Å²) in [6, 6.07) is 6.58. The van der Waals surface area contributed by atoms with Gasteiger partial charge in [-0.15, -0.1) is 0 Å². The smallest absolute Gasteiger partial charge is 0.264 e. The summed E-state index contributed by atoms with van der Waals surface area (Å²) in [7, 11) is 0. The van der Waals surface area contributed by atoms with E-state index in [4.69, 9.17) is 10.2 Å². The van der Waals surface area contributed by atoms with Crippen LogP contribution >= 0.6 is 11.8 Å². The van der Waals surface area contributed by atoms with Crippen molar-refractivity contribution in [3.63, 3.8) is 0 Å². The van der Waals surface area contributed by atoms with Crippen LogP contribution in [0.1, 0.15) is 0 Å². The van der Waals surface area contributed by atoms with Crippen molar-refractivity contribution in [3.05, 3.63) is 40.8 Å². The van der Waals surface area contributed by atoms with Crippen molar-refractivity contribution >= 4 is 28.5 Å². The number of nitrogens with one attached hydrogen (secondary N) is 1. The number of nitrogens with zero attached hydrogens (tertiary/aromatic N) is 2. The predicted molar refractivity (Wildman–Crippen MR) is 67.4 cm³/mol. The number of oxazole rings is 1. The van der Waals surface area contributed by atoms with E-state index in [-0.39, 0.29) is 5.56 Å². The molecule has 0 saturated heterocycles. The van der Waals surface area contributed by atoms with Gasteiger partial charge in [-0.25, -0.2) is 9.97 Å². The first-order valence-electron chi connectivity index (χ1n) is 5.10. The molecule has 0 unspecified atom stereocenters. The quantitative estimate of drug-likeness (QED) is 0.537. The first kappa shape index (κ1) is 10.8. The van der Waals surface area contributed by atoms with Crippen molar-refractivity contribution in [1.29, 1.82) is 0 Å². The van der Waals surface area contributed by atoms with E-state index in [0.29, 0.717) is 27.2 Å². The molecule has 0 spiro atoms. The van der Waals surface area contributed by atoms with E-state index in [1.54, 1.807) is 18.2 Å². The van der Waals surface area contributed by atoms with E-state index in [1.807, 2.05) is 0 Å². The van der Waals surface area contributed by atoms with Crippen molar-refractivity contribution in [2.24, 2.45) is 0 Å². The molecule has 7 heteroatoms. The van der Waals surface area contributed by atoms with Gasteiger partial charge in [-0.05, 0) is 12.1 Å². The number of nitrogen functional groups attached to an aromatic ring is 1. The zero-order valence-electron chi connectivity index (χ0n) is 9.08. The summed E-state index contributed by atoms with van der Waals surface area (Å²) < 4.78 is 5.50. The average molecular weight is 260 g/mol. The van der Waals surface area contributed by atoms with Gasteiger partial charge in [0.15, 0.2) is 10.7 Å². The van der Waals surface area contributed by atoms with E-state index >= 15 is 0 Å². The largest absolute Gasteiger partial charge is 0.431 e. The molecule has 2 heterocycles. The van der Waals surface area contributed by atoms with Gasteiger partial charge >= 0.3 is 0 Å². The van der Waals surface area contributed by atoms with Crippen LogP contribution in [0.4, 0.5) is 5.69 Å². The van der Waals surface area contributed by atoms with E-state index in [2.05, 4.69) is 15.0 Å². The van der Waals surface area contributed by atoms with Crippen LogP contribution in [0.5, 0.6) is 0 Å². The molecule has 3 N–H and O–H groups in total. The molecule has 6 nitrogen and oxygen atoms in total. The molecule has 18 heavy (non-hydrogen) atoms. The normalized spacial score (nSPS) is 10.9. The van der Waals surface area contributed by atoms with Crippen molar-refractivity contribution in [2.75, 3.05) is 5.73 Å². The maximum absolute atomic E-state index is 11.1. The summed E-state index contributed by atoms with van der Waals surface area (Å²) in [6.45, 7) is 0. The van der Waals surface area contributed by atoms with Crippen LogP contribution in [0.25, 0.3) is 11.1 Å². The number of hydrogen-bond acceptors (Lipinski definition) is 6. The molecule has 0 aliphatic carbocycles. The summed E-state index contributed by atoms with van der Waals surface area (Å²) in [5.41, 5.74) is 7.37. The van der Waals surface area contributed by atoms with Crippen LogP contribution in [0.2, 0.25) is 0 Å². The van der Waals surface area contributed by atoms with Crippen LogP contribution in [0.3, 0.4) is 0 Å². The Morgan fingerprint density at radius 3 is 3.06 bits per heavy atom. The molecule has 0 fully saturated rings. The van der Waals surface area contributed by atoms with Gasteiger partial charge in [0, 0.05) is 35.8 Å². The van der Waals surface area contributed by atoms with Crippen molar-refractivity contribution in [1.82, 2.24) is 15.0 Å². The number of aromatic nitrogens is 3. The van der Waals surface area contributed by atoms with Gasteiger partial charge in [0.2, 0.25) is 0 Å². The number of fused-ring (bicyclic) bond motifs is 1. The Balaban J connectivity index is 1.98. The van der Waals surface area contributed by atoms with E-state index in [1.165, 1.54) is 12.3 Å². The van der Waals surface area contributed by atoms with E-state index < -0.39 is 0 Å². The molecule has 2 aromatic heterocycles. The highest BCUT2D eigenvalue weighted by Crippen LogP contribution is 2.27. The molecule has 90 valence electrons. The molecule has 3 rings (SSSR count). The summed E-state index contributed by atoms with van der Waals surface area (Å²) in [6.07, 6.45) is 1.43. The number of H-pyrrole nitrogens is 1. The van der Waals surface area contributed by atoms with Crippen molar-refractivity contribution in [2.45, 2.75) is 10.4 Å². The number of hydrogen-bond donors (Lipinski definition) is 2. The second-order valence-corrected chi connectivity index (χ2v) is 4.49. The molecule has 0 atom stereocenters. The summed E-state index contributed by atoms with van der Waals surface area (Å²) in [5.74, 6) is 0. The first-order chi connectivity index (χ1) is 8.70. The Morgan fingerprint density at radius 1 is 1.33 bits per heavy atom. The molecular weight excluding hydrogens is 252 g/mol. The number of aromatic amines is 1. The van der Waals surface area contributed by atoms with E-state index in [9.17, 15) is 4.79 Å². The third kappa shape index (κ3) is 2.07. The molecule has 0 bridgehead atoms. The lowest BCUT2D eigenvalue weighted by atomic mass is 10.3. The Morgan fingerprint density at radius 2 is 2.22 bits per heavy atom. The maximum atomic E-state index is 11.1. The summed E-state index contributed by atoms with van der Waals surface area (Å²) in [4.78, 5) is 22.0. The molecule has 0 aliphatic heterocycles. The Hall–Kier alpha value is -2.28. The minimum Gasteiger partial charge on any atom is -0.431 e. The first-order valence-corrected chi connectivity index (χ1v) is 5.91. The van der Waals surface area contributed by atoms with Gasteiger partial charge in [0.25, 0.3) is 10.8 Å². The van der Waals surface area contributed by atoms with Crippen LogP contribution in [0, 0.1) is 0 Å². The molecule has 0 saturated carbocycles. The SMILES string of the molecule is Nc1ccc2nc(Sc3nccc(=O)[nH]3)oc2c1. The van der Waals surface area contributed by atoms with Crippen molar-refractivity contribution < 1.29 is 4.42 Å². The highest BCUT2D eigenvalue weighted by atomic mass is 32.2. The standard InChI is InChI=1S/C11H8N4O2S/c12-6-1-2-7-8(5-6)17-11(14-7)18-10-13-4-3-9(16)15-10/h1-5H,12H2,(H,13,15,16). The van der Waals surface area contributed by atoms with Gasteiger partial charge in [-0.1, -0.05) is 0 Å². The topological polar surface area (TPSA) is 97.8 Å². The molecule has 1 aromatic carbocycles. The lowest BCUT2D eigenvalue weighted by Gasteiger charge is -1.93. The van der Waals surface area contributed by atoms with Gasteiger partial charge in [0.05, 0.1) is 0 Å². The van der Waals surface area contributed by atoms with Crippen LogP contribution in [-0.2, 0) is 0 Å². The molecule has 0 radical (unpaired) electrons. The Labute approximate surface area is 105 Å². The zero-order chi connectivity index (χ0) is 12.5. The average Bonchev–Trinajstić information content (AvgIpc) is 2.70. The lowest BCUT2D eigenvalue weighted by Crippen LogP contribution is -2.04. The minimum absolute atomic E-state index is 0.215. The van der Waals surface area contributed by atoms with Gasteiger partial charge in [-0.2, -0.15) is 0 Å².